The van der Waals surface area contributed by atoms with Crippen molar-refractivity contribution in [2.24, 2.45) is 0 Å². The zero-order chi connectivity index (χ0) is 25.1. The minimum absolute atomic E-state index is 0.142. The van der Waals surface area contributed by atoms with E-state index in [2.05, 4.69) is 11.9 Å². The summed E-state index contributed by atoms with van der Waals surface area (Å²) < 4.78 is 24.7. The summed E-state index contributed by atoms with van der Waals surface area (Å²) in [6.07, 6.45) is 1.95. The van der Waals surface area contributed by atoms with Crippen molar-refractivity contribution in [2.45, 2.75) is 31.9 Å². The van der Waals surface area contributed by atoms with E-state index in [1.54, 1.807) is 24.0 Å². The third-order valence-electron chi connectivity index (χ3n) is 5.86. The standard InChI is InChI=1S/C26H24ClFN2O5/c1-3-24(31)29-17-5-4-10-30(14-17)26(33)15(2)34-18-7-9-20-21(13-25(32)35-23(20)12-18)19-8-6-16(28)11-22(19)27/h3,6-9,11-13,15,17H,1,4-5,10,14H2,2H3,(H,29,31)/t15-,17+/m1/s1. The van der Waals surface area contributed by atoms with Gasteiger partial charge in [0.15, 0.2) is 6.10 Å². The second-order valence-corrected chi connectivity index (χ2v) is 8.76. The number of carbonyl (C=O) groups is 2. The normalized spacial score (nSPS) is 16.5. The van der Waals surface area contributed by atoms with Crippen LogP contribution >= 0.6 is 11.6 Å². The Kier molecular flexibility index (Phi) is 7.21. The van der Waals surface area contributed by atoms with Crippen LogP contribution in [0.4, 0.5) is 4.39 Å². The largest absolute Gasteiger partial charge is 0.481 e. The highest BCUT2D eigenvalue weighted by molar-refractivity contribution is 6.33. The number of hydrogen-bond donors (Lipinski definition) is 1. The molecule has 2 heterocycles. The Morgan fingerprint density at radius 2 is 2.06 bits per heavy atom. The Labute approximate surface area is 206 Å². The van der Waals surface area contributed by atoms with Crippen molar-refractivity contribution in [3.8, 4) is 16.9 Å². The van der Waals surface area contributed by atoms with Crippen molar-refractivity contribution in [1.29, 1.82) is 0 Å². The quantitative estimate of drug-likeness (QED) is 0.404. The number of hydrogen-bond acceptors (Lipinski definition) is 5. The van der Waals surface area contributed by atoms with Crippen LogP contribution < -0.4 is 15.7 Å². The molecule has 1 aliphatic heterocycles. The highest BCUT2D eigenvalue weighted by atomic mass is 35.5. The van der Waals surface area contributed by atoms with Gasteiger partial charge in [-0.1, -0.05) is 18.2 Å². The molecule has 1 aliphatic rings. The van der Waals surface area contributed by atoms with Gasteiger partial charge in [0.2, 0.25) is 5.91 Å². The van der Waals surface area contributed by atoms with Gasteiger partial charge in [-0.2, -0.15) is 0 Å². The fourth-order valence-corrected chi connectivity index (χ4v) is 4.48. The molecule has 4 rings (SSSR count). The number of likely N-dealkylation sites (tertiary alicyclic amines) is 1. The first-order valence-electron chi connectivity index (χ1n) is 11.2. The van der Waals surface area contributed by atoms with Gasteiger partial charge in [0, 0.05) is 47.8 Å². The Bertz CT molecular complexity index is 1360. The maximum atomic E-state index is 13.5. The molecule has 2 aromatic carbocycles. The molecule has 1 saturated heterocycles. The van der Waals surface area contributed by atoms with Crippen molar-refractivity contribution >= 4 is 34.4 Å². The van der Waals surface area contributed by atoms with Crippen LogP contribution in [-0.4, -0.2) is 41.9 Å². The average Bonchev–Trinajstić information content (AvgIpc) is 2.83. The summed E-state index contributed by atoms with van der Waals surface area (Å²) in [6, 6.07) is 9.99. The SMILES string of the molecule is C=CC(=O)N[C@H]1CCCN(C(=O)[C@@H](C)Oc2ccc3c(-c4ccc(F)cc4Cl)cc(=O)oc3c2)C1. The summed E-state index contributed by atoms with van der Waals surface area (Å²) in [5, 5.41) is 3.58. The van der Waals surface area contributed by atoms with Crippen LogP contribution in [-0.2, 0) is 9.59 Å². The predicted octanol–water partition coefficient (Wildman–Crippen LogP) is 4.31. The third-order valence-corrected chi connectivity index (χ3v) is 6.18. The Hall–Kier alpha value is -3.65. The van der Waals surface area contributed by atoms with Crippen molar-refractivity contribution in [2.75, 3.05) is 13.1 Å². The fraction of sp³-hybridized carbons (Fsp3) is 0.269. The molecule has 9 heteroatoms. The van der Waals surface area contributed by atoms with Crippen molar-refractivity contribution in [1.82, 2.24) is 10.2 Å². The molecule has 0 radical (unpaired) electrons. The van der Waals surface area contributed by atoms with Gasteiger partial charge < -0.3 is 19.4 Å². The lowest BCUT2D eigenvalue weighted by Gasteiger charge is -2.34. The van der Waals surface area contributed by atoms with E-state index in [-0.39, 0.29) is 28.5 Å². The third kappa shape index (κ3) is 5.54. The van der Waals surface area contributed by atoms with Gasteiger partial charge in [0.1, 0.15) is 17.1 Å². The monoisotopic (exact) mass is 498 g/mol. The molecule has 0 bridgehead atoms. The molecule has 0 aliphatic carbocycles. The molecule has 1 N–H and O–H groups in total. The predicted molar refractivity (Wildman–Crippen MR) is 131 cm³/mol. The maximum Gasteiger partial charge on any atom is 0.336 e. The van der Waals surface area contributed by atoms with Gasteiger partial charge in [-0.3, -0.25) is 9.59 Å². The van der Waals surface area contributed by atoms with E-state index >= 15 is 0 Å². The molecular formula is C26H24ClFN2O5. The molecule has 0 unspecified atom stereocenters. The van der Waals surface area contributed by atoms with Crippen molar-refractivity contribution in [3.05, 3.63) is 76.4 Å². The summed E-state index contributed by atoms with van der Waals surface area (Å²) in [7, 11) is 0. The van der Waals surface area contributed by atoms with Crippen LogP contribution in [0.2, 0.25) is 5.02 Å². The lowest BCUT2D eigenvalue weighted by molar-refractivity contribution is -0.139. The van der Waals surface area contributed by atoms with Crippen molar-refractivity contribution in [3.63, 3.8) is 0 Å². The summed E-state index contributed by atoms with van der Waals surface area (Å²) in [5.41, 5.74) is 0.634. The molecule has 2 atom stereocenters. The van der Waals surface area contributed by atoms with Gasteiger partial charge in [-0.25, -0.2) is 9.18 Å². The minimum atomic E-state index is -0.803. The molecule has 7 nitrogen and oxygen atoms in total. The lowest BCUT2D eigenvalue weighted by Crippen LogP contribution is -2.52. The zero-order valence-corrected chi connectivity index (χ0v) is 19.8. The molecule has 35 heavy (non-hydrogen) atoms. The number of carbonyl (C=O) groups excluding carboxylic acids is 2. The van der Waals surface area contributed by atoms with Crippen LogP contribution in [0, 0.1) is 5.82 Å². The fourth-order valence-electron chi connectivity index (χ4n) is 4.21. The van der Waals surface area contributed by atoms with Crippen molar-refractivity contribution < 1.29 is 23.1 Å². The van der Waals surface area contributed by atoms with E-state index in [9.17, 15) is 18.8 Å². The number of benzene rings is 2. The summed E-state index contributed by atoms with van der Waals surface area (Å²) in [4.78, 5) is 38.4. The molecule has 1 fully saturated rings. The van der Waals surface area contributed by atoms with Gasteiger partial charge in [-0.15, -0.1) is 0 Å². The molecule has 0 spiro atoms. The van der Waals surface area contributed by atoms with Crippen LogP contribution in [0.3, 0.4) is 0 Å². The van der Waals surface area contributed by atoms with E-state index in [4.69, 9.17) is 20.8 Å². The van der Waals surface area contributed by atoms with Gasteiger partial charge in [0.25, 0.3) is 5.91 Å². The smallest absolute Gasteiger partial charge is 0.336 e. The van der Waals surface area contributed by atoms with E-state index in [0.717, 1.165) is 12.8 Å². The number of halogens is 2. The first kappa shape index (κ1) is 24.5. The van der Waals surface area contributed by atoms with Gasteiger partial charge >= 0.3 is 5.63 Å². The second-order valence-electron chi connectivity index (χ2n) is 8.36. The summed E-state index contributed by atoms with van der Waals surface area (Å²) >= 11 is 6.20. The summed E-state index contributed by atoms with van der Waals surface area (Å²) in [5.74, 6) is -0.621. The maximum absolute atomic E-state index is 13.5. The molecule has 1 aromatic heterocycles. The molecule has 0 saturated carbocycles. The number of ether oxygens (including phenoxy) is 1. The zero-order valence-electron chi connectivity index (χ0n) is 19.1. The molecule has 3 aromatic rings. The van der Waals surface area contributed by atoms with E-state index < -0.39 is 17.5 Å². The van der Waals surface area contributed by atoms with E-state index in [0.29, 0.717) is 35.4 Å². The molecule has 182 valence electrons. The highest BCUT2D eigenvalue weighted by Crippen LogP contribution is 2.34. The van der Waals surface area contributed by atoms with E-state index in [1.807, 2.05) is 0 Å². The summed E-state index contributed by atoms with van der Waals surface area (Å²) in [6.45, 7) is 6.05. The number of fused-ring (bicyclic) bond motifs is 1. The Morgan fingerprint density at radius 1 is 1.26 bits per heavy atom. The van der Waals surface area contributed by atoms with Crippen LogP contribution in [0.5, 0.6) is 5.75 Å². The molecule has 2 amide bonds. The first-order valence-corrected chi connectivity index (χ1v) is 11.5. The number of amides is 2. The van der Waals surface area contributed by atoms with E-state index in [1.165, 1.54) is 36.4 Å². The number of piperidine rings is 1. The minimum Gasteiger partial charge on any atom is -0.481 e. The Balaban J connectivity index is 1.54. The Morgan fingerprint density at radius 3 is 2.80 bits per heavy atom. The highest BCUT2D eigenvalue weighted by Gasteiger charge is 2.28. The number of nitrogens with one attached hydrogen (secondary N) is 1. The number of nitrogens with zero attached hydrogens (tertiary/aromatic N) is 1. The second kappa shape index (κ2) is 10.3. The van der Waals surface area contributed by atoms with Crippen LogP contribution in [0.1, 0.15) is 19.8 Å². The van der Waals surface area contributed by atoms with Gasteiger partial charge in [-0.05, 0) is 56.2 Å². The molecular weight excluding hydrogens is 475 g/mol. The van der Waals surface area contributed by atoms with Gasteiger partial charge in [0.05, 0.1) is 5.02 Å². The first-order chi connectivity index (χ1) is 16.7. The topological polar surface area (TPSA) is 88.9 Å². The number of rotatable bonds is 6. The van der Waals surface area contributed by atoms with Crippen LogP contribution in [0.25, 0.3) is 22.1 Å². The van der Waals surface area contributed by atoms with Crippen LogP contribution in [0.15, 0.2) is 64.3 Å². The lowest BCUT2D eigenvalue weighted by atomic mass is 10.0. The average molecular weight is 499 g/mol.